The van der Waals surface area contributed by atoms with Crippen molar-refractivity contribution in [3.05, 3.63) is 316 Å². The maximum Gasteiger partial charge on any atom is 0.156 e. The van der Waals surface area contributed by atoms with E-state index in [1.54, 1.807) is 23.5 Å². The highest BCUT2D eigenvalue weighted by Crippen LogP contribution is 2.53. The summed E-state index contributed by atoms with van der Waals surface area (Å²) in [7, 11) is 0. The first-order valence-corrected chi connectivity index (χ1v) is 40.4. The van der Waals surface area contributed by atoms with Crippen LogP contribution in [0.15, 0.2) is 336 Å². The van der Waals surface area contributed by atoms with Gasteiger partial charge in [0, 0.05) is 80.2 Å². The normalized spacial score (nSPS) is 12.8. The Morgan fingerprint density at radius 2 is 0.755 bits per heavy atom. The van der Waals surface area contributed by atoms with Gasteiger partial charge in [0.25, 0.3) is 0 Å². The highest BCUT2D eigenvalue weighted by atomic mass is 32.2. The average Bonchev–Trinajstić information content (AvgIpc) is 1.53. The number of thiophene rings is 2. The van der Waals surface area contributed by atoms with Crippen LogP contribution in [0.4, 0.5) is 0 Å². The molecule has 10 heterocycles. The Morgan fingerprint density at radius 1 is 0.255 bits per heavy atom. The van der Waals surface area contributed by atoms with Gasteiger partial charge in [-0.3, -0.25) is 8.80 Å². The second-order valence-corrected chi connectivity index (χ2v) is 33.7. The minimum Gasteiger partial charge on any atom is -0.291 e. The van der Waals surface area contributed by atoms with Crippen LogP contribution in [0.25, 0.3) is 238 Å². The molecule has 110 heavy (non-hydrogen) atoms. The maximum absolute atomic E-state index is 5.79. The lowest BCUT2D eigenvalue weighted by Crippen LogP contribution is -1.97. The number of hydrogen-bond donors (Lipinski definition) is 0. The lowest BCUT2D eigenvalue weighted by Gasteiger charge is -2.22. The minimum absolute atomic E-state index is 0.971. The molecule has 0 saturated carbocycles. The van der Waals surface area contributed by atoms with Crippen molar-refractivity contribution in [3.63, 3.8) is 0 Å². The molecule has 506 valence electrons. The predicted octanol–water partition coefficient (Wildman–Crippen LogP) is 28.6. The fourth-order valence-corrected chi connectivity index (χ4v) is 23.0. The predicted molar refractivity (Wildman–Crippen MR) is 467 cm³/mol. The van der Waals surface area contributed by atoms with E-state index in [1.165, 1.54) is 176 Å². The van der Waals surface area contributed by atoms with Crippen LogP contribution in [-0.2, 0) is 0 Å². The second-order valence-electron chi connectivity index (χ2n) is 29.6. The molecular formula is C100H52N6S4. The molecule has 10 heteroatoms. The largest absolute Gasteiger partial charge is 0.291 e. The van der Waals surface area contributed by atoms with E-state index in [0.29, 0.717) is 0 Å². The van der Waals surface area contributed by atoms with Crippen LogP contribution in [-0.4, -0.2) is 28.7 Å². The van der Waals surface area contributed by atoms with Gasteiger partial charge in [-0.15, -0.1) is 22.7 Å². The van der Waals surface area contributed by atoms with E-state index in [0.717, 1.165) is 82.1 Å². The highest BCUT2D eigenvalue weighted by molar-refractivity contribution is 8.00. The summed E-state index contributed by atoms with van der Waals surface area (Å²) in [6, 6.07) is 114. The Balaban J connectivity index is 0.607. The summed E-state index contributed by atoms with van der Waals surface area (Å²) in [4.78, 5) is 23.7. The lowest BCUT2D eigenvalue weighted by molar-refractivity contribution is 1.16. The van der Waals surface area contributed by atoms with E-state index in [4.69, 9.17) is 19.9 Å². The number of hydrogen-bond acceptors (Lipinski definition) is 8. The molecule has 0 amide bonds. The maximum atomic E-state index is 5.79. The molecule has 16 aromatic carbocycles. The third-order valence-corrected chi connectivity index (χ3v) is 28.2. The molecule has 0 fully saturated rings. The SMILES string of the molecule is c1ccc2c(c1)Sc1nccc3ccc(-c4ccc(-c5cc6c7cc8cc(-c9ccc%10cc%11ccc%12c(nc%13c%14sc%15cc%16ccccc%16cc%15c%14cc(-c%14ccc(-c%15ccc%16c(c%15)Sc%15nccc%17cccc-%16c%15%17)cc%14)n%12%13)c%11cc%10c9)ccc8cc7sc6c6nc7c8ccc9ccccc9c8ccc7n56)cc4)c-2c13. The van der Waals surface area contributed by atoms with Gasteiger partial charge in [0.2, 0.25) is 0 Å². The number of benzene rings is 16. The number of aromatic nitrogens is 6. The quantitative estimate of drug-likeness (QED) is 0.126. The number of rotatable bonds is 5. The Kier molecular flexibility index (Phi) is 12.2. The monoisotopic (exact) mass is 1460 g/mol. The molecule has 0 bridgehead atoms. The molecule has 0 atom stereocenters. The summed E-state index contributed by atoms with van der Waals surface area (Å²) in [5.41, 5.74) is 22.7. The van der Waals surface area contributed by atoms with Crippen molar-refractivity contribution in [2.45, 2.75) is 19.8 Å². The molecule has 0 aliphatic carbocycles. The number of pyridine rings is 4. The number of imidazole rings is 2. The Hall–Kier alpha value is -13.1. The van der Waals surface area contributed by atoms with E-state index in [9.17, 15) is 0 Å². The summed E-state index contributed by atoms with van der Waals surface area (Å²) in [6.07, 6.45) is 3.87. The number of fused-ring (bicyclic) bond motifs is 27. The van der Waals surface area contributed by atoms with Crippen LogP contribution in [0.2, 0.25) is 0 Å². The zero-order valence-electron chi connectivity index (χ0n) is 58.3. The van der Waals surface area contributed by atoms with Gasteiger partial charge < -0.3 is 0 Å². The third-order valence-electron chi connectivity index (χ3n) is 23.7. The standard InChI is InChI=1S/C100H52N6S4/c1-2-10-61-48-88-78(45-60(61)9-1)80-51-84(56-20-16-53(17-21-56)65-30-33-73-74-14-7-11-58-38-40-101-99(90(58)74)110-87(73)49-65)105-82-36-31-67-42-64-26-24-62(43-68(64)46-77(67)94(82)104-98(105)95(80)107-88)63-25-27-66-50-89-79(47-69(66)44-63)81-52-85(106-83-37-35-72-70-12-4-3-8-54(70)28-34-75(72)93(83)103-97(106)96(81)108-89)57-22-18-55(19-23-57)71-32-29-59-39-41-102-100-91(59)92(71)76-13-5-6-15-86(76)109-100/h1-52H. The van der Waals surface area contributed by atoms with Crippen molar-refractivity contribution < 1.29 is 0 Å². The molecule has 24 aromatic rings. The zero-order valence-corrected chi connectivity index (χ0v) is 61.6. The van der Waals surface area contributed by atoms with Crippen molar-refractivity contribution in [2.75, 3.05) is 0 Å². The van der Waals surface area contributed by atoms with Gasteiger partial charge in [-0.05, 0) is 223 Å². The van der Waals surface area contributed by atoms with Gasteiger partial charge in [0.15, 0.2) is 11.3 Å². The molecule has 0 saturated heterocycles. The summed E-state index contributed by atoms with van der Waals surface area (Å²) in [5, 5.41) is 26.3. The number of nitrogens with zero attached hydrogens (tertiary/aromatic N) is 6. The second kappa shape index (κ2) is 22.3. The van der Waals surface area contributed by atoms with Crippen LogP contribution in [0, 0.1) is 0 Å². The van der Waals surface area contributed by atoms with Crippen LogP contribution in [0.1, 0.15) is 0 Å². The van der Waals surface area contributed by atoms with Gasteiger partial charge in [-0.25, -0.2) is 19.9 Å². The fourth-order valence-electron chi connectivity index (χ4n) is 18.5. The molecular weight excluding hydrogens is 1410 g/mol. The summed E-state index contributed by atoms with van der Waals surface area (Å²) >= 11 is 7.23. The lowest BCUT2D eigenvalue weighted by atomic mass is 9.89. The van der Waals surface area contributed by atoms with E-state index in [-0.39, 0.29) is 0 Å². The summed E-state index contributed by atoms with van der Waals surface area (Å²) in [6.45, 7) is 0. The molecule has 8 aromatic heterocycles. The first-order valence-electron chi connectivity index (χ1n) is 37.2. The van der Waals surface area contributed by atoms with Gasteiger partial charge in [-0.2, -0.15) is 0 Å². The Bertz CT molecular complexity index is 8350. The van der Waals surface area contributed by atoms with Crippen LogP contribution >= 0.6 is 46.2 Å². The van der Waals surface area contributed by atoms with Crippen LogP contribution in [0.3, 0.4) is 0 Å². The molecule has 0 unspecified atom stereocenters. The Morgan fingerprint density at radius 3 is 1.49 bits per heavy atom. The van der Waals surface area contributed by atoms with Crippen molar-refractivity contribution in [3.8, 4) is 78.1 Å². The first-order chi connectivity index (χ1) is 54.4. The highest BCUT2D eigenvalue weighted by Gasteiger charge is 2.28. The fraction of sp³-hybridized carbons (Fsp3) is 0. The van der Waals surface area contributed by atoms with Crippen molar-refractivity contribution >= 4 is 206 Å². The zero-order chi connectivity index (χ0) is 71.3. The molecule has 2 aliphatic heterocycles. The average molecular weight is 1470 g/mol. The van der Waals surface area contributed by atoms with Gasteiger partial charge in [0.05, 0.1) is 42.9 Å². The van der Waals surface area contributed by atoms with Gasteiger partial charge in [0.1, 0.15) is 10.1 Å². The van der Waals surface area contributed by atoms with Crippen LogP contribution in [0.5, 0.6) is 0 Å². The van der Waals surface area contributed by atoms with E-state index >= 15 is 0 Å². The molecule has 26 rings (SSSR count). The van der Waals surface area contributed by atoms with E-state index in [1.807, 2.05) is 35.1 Å². The topological polar surface area (TPSA) is 60.4 Å². The van der Waals surface area contributed by atoms with E-state index < -0.39 is 0 Å². The van der Waals surface area contributed by atoms with Crippen LogP contribution < -0.4 is 0 Å². The van der Waals surface area contributed by atoms with Crippen molar-refractivity contribution in [1.82, 2.24) is 28.7 Å². The molecule has 0 radical (unpaired) electrons. The summed E-state index contributed by atoms with van der Waals surface area (Å²) < 4.78 is 9.72. The molecule has 0 N–H and O–H groups in total. The third kappa shape index (κ3) is 8.56. The molecule has 6 nitrogen and oxygen atoms in total. The van der Waals surface area contributed by atoms with Gasteiger partial charge in [-0.1, -0.05) is 230 Å². The van der Waals surface area contributed by atoms with Gasteiger partial charge >= 0.3 is 0 Å². The van der Waals surface area contributed by atoms with E-state index in [2.05, 4.69) is 312 Å². The minimum atomic E-state index is 0.971. The first kappa shape index (κ1) is 60.0. The molecule has 0 spiro atoms. The van der Waals surface area contributed by atoms with Crippen molar-refractivity contribution in [1.29, 1.82) is 0 Å². The van der Waals surface area contributed by atoms with Crippen molar-refractivity contribution in [2.24, 2.45) is 0 Å². The Labute approximate surface area is 643 Å². The smallest absolute Gasteiger partial charge is 0.156 e. The molecule has 2 aliphatic rings. The summed E-state index contributed by atoms with van der Waals surface area (Å²) in [5.74, 6) is 0.